The first-order chi connectivity index (χ1) is 28.5. The van der Waals surface area contributed by atoms with Crippen LogP contribution in [0.15, 0.2) is 12.2 Å². The van der Waals surface area contributed by atoms with Crippen LogP contribution in [0.5, 0.6) is 0 Å². The van der Waals surface area contributed by atoms with Gasteiger partial charge in [0.05, 0.1) is 39.9 Å². The van der Waals surface area contributed by atoms with Crippen molar-refractivity contribution >= 4 is 13.7 Å². The number of aliphatic hydroxyl groups is 1. The average molecular weight is 858 g/mol. The third-order valence-corrected chi connectivity index (χ3v) is 12.7. The highest BCUT2D eigenvalue weighted by Crippen LogP contribution is 2.43. The van der Waals surface area contributed by atoms with E-state index in [0.717, 1.165) is 38.5 Å². The standard InChI is InChI=1S/C50H101N2O6P/c1-6-8-10-12-14-16-18-19-20-21-22-23-24-25-26-27-28-29-30-31-32-33-34-36-38-40-42-44-50(54)51-48(47-58-59(55,56)57-46-45-52(3,4)5)49(53)43-41-39-37-35-17-15-13-11-9-7-2/h41,43,48-49,53H,6-40,42,44-47H2,1-5H3,(H-,51,54,55,56)/p+1/b43-41+. The molecule has 0 aliphatic rings. The molecule has 0 heterocycles. The Morgan fingerprint density at radius 3 is 1.25 bits per heavy atom. The van der Waals surface area contributed by atoms with Gasteiger partial charge in [-0.2, -0.15) is 0 Å². The van der Waals surface area contributed by atoms with Crippen LogP contribution < -0.4 is 5.32 Å². The van der Waals surface area contributed by atoms with Crippen molar-refractivity contribution in [1.82, 2.24) is 5.32 Å². The molecule has 3 unspecified atom stereocenters. The number of unbranched alkanes of at least 4 members (excludes halogenated alkanes) is 34. The third-order valence-electron chi connectivity index (χ3n) is 11.8. The molecule has 352 valence electrons. The van der Waals surface area contributed by atoms with E-state index in [1.165, 1.54) is 193 Å². The Morgan fingerprint density at radius 2 is 0.898 bits per heavy atom. The Bertz CT molecular complexity index is 974. The summed E-state index contributed by atoms with van der Waals surface area (Å²) in [5.74, 6) is -0.174. The zero-order valence-electron chi connectivity index (χ0n) is 40.0. The van der Waals surface area contributed by atoms with Gasteiger partial charge in [-0.05, 0) is 19.3 Å². The largest absolute Gasteiger partial charge is 0.472 e. The quantitative estimate of drug-likeness (QED) is 0.0244. The molecule has 0 aliphatic heterocycles. The zero-order chi connectivity index (χ0) is 43.6. The number of allylic oxidation sites excluding steroid dienone is 1. The van der Waals surface area contributed by atoms with Crippen LogP contribution in [0.25, 0.3) is 0 Å². The first-order valence-corrected chi connectivity index (χ1v) is 27.1. The third kappa shape index (κ3) is 45.1. The molecule has 9 heteroatoms. The number of carbonyl (C=O) groups excluding carboxylic acids is 1. The lowest BCUT2D eigenvalue weighted by Gasteiger charge is -2.25. The monoisotopic (exact) mass is 858 g/mol. The number of nitrogens with zero attached hydrogens (tertiary/aromatic N) is 1. The van der Waals surface area contributed by atoms with Gasteiger partial charge in [-0.1, -0.05) is 238 Å². The van der Waals surface area contributed by atoms with Crippen molar-refractivity contribution in [2.24, 2.45) is 0 Å². The van der Waals surface area contributed by atoms with Gasteiger partial charge in [0.2, 0.25) is 5.91 Å². The molecule has 1 amide bonds. The number of aliphatic hydroxyl groups excluding tert-OH is 1. The number of amides is 1. The van der Waals surface area contributed by atoms with Gasteiger partial charge in [0.15, 0.2) is 0 Å². The van der Waals surface area contributed by atoms with Crippen LogP contribution >= 0.6 is 7.82 Å². The number of nitrogens with one attached hydrogen (secondary N) is 1. The van der Waals surface area contributed by atoms with Crippen molar-refractivity contribution in [2.75, 3.05) is 40.9 Å². The van der Waals surface area contributed by atoms with Gasteiger partial charge in [0.25, 0.3) is 0 Å². The van der Waals surface area contributed by atoms with E-state index in [1.807, 2.05) is 27.2 Å². The van der Waals surface area contributed by atoms with E-state index in [0.29, 0.717) is 17.4 Å². The molecule has 3 N–H and O–H groups in total. The van der Waals surface area contributed by atoms with Crippen LogP contribution in [-0.4, -0.2) is 73.4 Å². The van der Waals surface area contributed by atoms with E-state index in [4.69, 9.17) is 9.05 Å². The first-order valence-electron chi connectivity index (χ1n) is 25.6. The fraction of sp³-hybridized carbons (Fsp3) is 0.940. The summed E-state index contributed by atoms with van der Waals surface area (Å²) in [6.45, 7) is 4.82. The molecule has 0 fully saturated rings. The SMILES string of the molecule is CCCCCCCCCC/C=C/C(O)C(COP(=O)(O)OCC[N+](C)(C)C)NC(=O)CCCCCCCCCCCCCCCCCCCCCCCCCCCCC. The van der Waals surface area contributed by atoms with Gasteiger partial charge in [-0.3, -0.25) is 13.8 Å². The van der Waals surface area contributed by atoms with Gasteiger partial charge < -0.3 is 19.8 Å². The maximum Gasteiger partial charge on any atom is 0.472 e. The van der Waals surface area contributed by atoms with Crippen LogP contribution in [0, 0.1) is 0 Å². The van der Waals surface area contributed by atoms with Crippen LogP contribution in [0.1, 0.15) is 251 Å². The summed E-state index contributed by atoms with van der Waals surface area (Å²) in [5, 5.41) is 13.8. The second-order valence-corrected chi connectivity index (χ2v) is 20.4. The van der Waals surface area contributed by atoms with Crippen molar-refractivity contribution in [1.29, 1.82) is 0 Å². The van der Waals surface area contributed by atoms with Gasteiger partial charge in [0, 0.05) is 6.42 Å². The number of phosphoric ester groups is 1. The van der Waals surface area contributed by atoms with E-state index in [2.05, 4.69) is 19.2 Å². The minimum atomic E-state index is -4.33. The molecular formula is C50H102N2O6P+. The molecule has 59 heavy (non-hydrogen) atoms. The van der Waals surface area contributed by atoms with Gasteiger partial charge in [0.1, 0.15) is 13.2 Å². The van der Waals surface area contributed by atoms with E-state index in [1.54, 1.807) is 6.08 Å². The van der Waals surface area contributed by atoms with Crippen molar-refractivity contribution in [3.05, 3.63) is 12.2 Å². The number of carbonyl (C=O) groups is 1. The highest BCUT2D eigenvalue weighted by Gasteiger charge is 2.27. The van der Waals surface area contributed by atoms with E-state index in [9.17, 15) is 19.4 Å². The Kier molecular flexibility index (Phi) is 42.0. The van der Waals surface area contributed by atoms with Gasteiger partial charge in [-0.15, -0.1) is 0 Å². The number of phosphoric acid groups is 1. The molecule has 0 spiro atoms. The van der Waals surface area contributed by atoms with Crippen LogP contribution in [0.3, 0.4) is 0 Å². The summed E-state index contributed by atoms with van der Waals surface area (Å²) in [6.07, 6.45) is 50.3. The van der Waals surface area contributed by atoms with Gasteiger partial charge in [-0.25, -0.2) is 4.57 Å². The Morgan fingerprint density at radius 1 is 0.559 bits per heavy atom. The highest BCUT2D eigenvalue weighted by molar-refractivity contribution is 7.47. The molecule has 8 nitrogen and oxygen atoms in total. The van der Waals surface area contributed by atoms with Crippen molar-refractivity contribution in [3.8, 4) is 0 Å². The molecular weight excluding hydrogens is 756 g/mol. The molecule has 0 bridgehead atoms. The van der Waals surface area contributed by atoms with Crippen LogP contribution in [0.2, 0.25) is 0 Å². The molecule has 0 saturated heterocycles. The fourth-order valence-corrected chi connectivity index (χ4v) is 8.43. The summed E-state index contributed by atoms with van der Waals surface area (Å²) in [7, 11) is 1.58. The molecule has 0 radical (unpaired) electrons. The molecule has 0 aliphatic carbocycles. The van der Waals surface area contributed by atoms with Crippen molar-refractivity contribution in [2.45, 2.75) is 264 Å². The lowest BCUT2D eigenvalue weighted by molar-refractivity contribution is -0.870. The summed E-state index contributed by atoms with van der Waals surface area (Å²) >= 11 is 0. The second kappa shape index (κ2) is 42.5. The molecule has 0 saturated carbocycles. The molecule has 0 aromatic rings. The maximum absolute atomic E-state index is 12.9. The number of hydrogen-bond donors (Lipinski definition) is 3. The summed E-state index contributed by atoms with van der Waals surface area (Å²) < 4.78 is 23.6. The molecule has 0 rings (SSSR count). The minimum absolute atomic E-state index is 0.0645. The van der Waals surface area contributed by atoms with Crippen molar-refractivity contribution < 1.29 is 32.9 Å². The number of hydrogen-bond acceptors (Lipinski definition) is 5. The summed E-state index contributed by atoms with van der Waals surface area (Å²) in [6, 6.07) is -0.839. The number of likely N-dealkylation sites (N-methyl/N-ethyl adjacent to an activating group) is 1. The predicted molar refractivity (Wildman–Crippen MR) is 254 cm³/mol. The Labute approximate surface area is 367 Å². The van der Waals surface area contributed by atoms with E-state index in [-0.39, 0.29) is 19.1 Å². The smallest absolute Gasteiger partial charge is 0.387 e. The zero-order valence-corrected chi connectivity index (χ0v) is 40.9. The second-order valence-electron chi connectivity index (χ2n) is 18.9. The van der Waals surface area contributed by atoms with E-state index < -0.39 is 20.0 Å². The molecule has 3 atom stereocenters. The number of rotatable bonds is 47. The lowest BCUT2D eigenvalue weighted by atomic mass is 10.0. The highest BCUT2D eigenvalue weighted by atomic mass is 31.2. The summed E-state index contributed by atoms with van der Waals surface area (Å²) in [4.78, 5) is 23.1. The Balaban J connectivity index is 4.04. The Hall–Kier alpha value is -0.760. The normalized spacial score (nSPS) is 14.2. The fourth-order valence-electron chi connectivity index (χ4n) is 7.69. The van der Waals surface area contributed by atoms with E-state index >= 15 is 0 Å². The summed E-state index contributed by atoms with van der Waals surface area (Å²) in [5.41, 5.74) is 0. The maximum atomic E-state index is 12.9. The predicted octanol–water partition coefficient (Wildman–Crippen LogP) is 14.7. The molecule has 0 aromatic carbocycles. The molecule has 0 aromatic heterocycles. The topological polar surface area (TPSA) is 105 Å². The number of quaternary nitrogens is 1. The minimum Gasteiger partial charge on any atom is -0.387 e. The van der Waals surface area contributed by atoms with Crippen molar-refractivity contribution in [3.63, 3.8) is 0 Å². The first kappa shape index (κ1) is 58.2. The van der Waals surface area contributed by atoms with Crippen LogP contribution in [-0.2, 0) is 18.4 Å². The van der Waals surface area contributed by atoms with Gasteiger partial charge >= 0.3 is 7.82 Å². The van der Waals surface area contributed by atoms with Crippen LogP contribution in [0.4, 0.5) is 0 Å². The average Bonchev–Trinajstić information content (AvgIpc) is 3.19. The lowest BCUT2D eigenvalue weighted by Crippen LogP contribution is -2.45.